The Balaban J connectivity index is 2.04. The van der Waals surface area contributed by atoms with Gasteiger partial charge in [0.05, 0.1) is 26.3 Å². The number of nitrogens with one attached hydrogen (secondary N) is 1. The third-order valence-electron chi connectivity index (χ3n) is 3.77. The Morgan fingerprint density at radius 3 is 2.19 bits per heavy atom. The first-order valence-corrected chi connectivity index (χ1v) is 7.82. The van der Waals surface area contributed by atoms with E-state index in [9.17, 15) is 14.9 Å². The van der Waals surface area contributed by atoms with Crippen LogP contribution < -0.4 is 19.5 Å². The molecule has 8 nitrogen and oxygen atoms in total. The summed E-state index contributed by atoms with van der Waals surface area (Å²) in [6, 6.07) is 9.24. The number of rotatable bonds is 8. The number of methoxy groups -OCH3 is 3. The molecular weight excluding hydrogens is 340 g/mol. The lowest BCUT2D eigenvalue weighted by molar-refractivity contribution is -0.384. The highest BCUT2D eigenvalue weighted by Crippen LogP contribution is 2.40. The summed E-state index contributed by atoms with van der Waals surface area (Å²) >= 11 is 0. The van der Waals surface area contributed by atoms with E-state index in [-0.39, 0.29) is 18.0 Å². The molecule has 0 aliphatic carbocycles. The smallest absolute Gasteiger partial charge is 0.269 e. The Morgan fingerprint density at radius 1 is 1.00 bits per heavy atom. The van der Waals surface area contributed by atoms with Gasteiger partial charge in [-0.3, -0.25) is 14.9 Å². The Morgan fingerprint density at radius 2 is 1.65 bits per heavy atom. The second-order valence-electron chi connectivity index (χ2n) is 5.35. The van der Waals surface area contributed by atoms with E-state index in [2.05, 4.69) is 5.32 Å². The normalized spacial score (nSPS) is 10.1. The van der Waals surface area contributed by atoms with Gasteiger partial charge in [-0.15, -0.1) is 0 Å². The van der Waals surface area contributed by atoms with Gasteiger partial charge in [0.15, 0.2) is 11.5 Å². The summed E-state index contributed by atoms with van der Waals surface area (Å²) in [5.74, 6) is 1.33. The first-order valence-electron chi connectivity index (χ1n) is 7.82. The number of carbonyl (C=O) groups excluding carboxylic acids is 1. The van der Waals surface area contributed by atoms with E-state index < -0.39 is 4.92 Å². The topological polar surface area (TPSA) is 99.9 Å². The minimum absolute atomic E-state index is 0.0296. The minimum atomic E-state index is -0.491. The zero-order valence-corrected chi connectivity index (χ0v) is 14.8. The van der Waals surface area contributed by atoms with Crippen LogP contribution in [0, 0.1) is 10.1 Å². The lowest BCUT2D eigenvalue weighted by Crippen LogP contribution is -2.12. The summed E-state index contributed by atoms with van der Waals surface area (Å²) in [6.45, 7) is 0. The molecule has 0 atom stereocenters. The highest BCUT2D eigenvalue weighted by Gasteiger charge is 2.16. The number of nitrogens with zero attached hydrogens (tertiary/aromatic N) is 1. The lowest BCUT2D eigenvalue weighted by atomic mass is 10.1. The van der Waals surface area contributed by atoms with Gasteiger partial charge in [0.1, 0.15) is 0 Å². The fraction of sp³-hybridized carbons (Fsp3) is 0.278. The Bertz CT molecular complexity index is 789. The van der Waals surface area contributed by atoms with E-state index in [1.54, 1.807) is 6.07 Å². The molecule has 0 aromatic heterocycles. The SMILES string of the molecule is COc1ccc(CCC(=O)Nc2ccc([N+](=O)[O-])cc2)c(OC)c1OC. The summed E-state index contributed by atoms with van der Waals surface area (Å²) in [6.07, 6.45) is 0.644. The number of hydrogen-bond donors (Lipinski definition) is 1. The van der Waals surface area contributed by atoms with E-state index in [0.29, 0.717) is 29.4 Å². The van der Waals surface area contributed by atoms with Gasteiger partial charge < -0.3 is 19.5 Å². The zero-order valence-electron chi connectivity index (χ0n) is 14.8. The lowest BCUT2D eigenvalue weighted by Gasteiger charge is -2.15. The number of amides is 1. The van der Waals surface area contributed by atoms with Crippen LogP contribution in [0.15, 0.2) is 36.4 Å². The predicted molar refractivity (Wildman–Crippen MR) is 96.1 cm³/mol. The number of carbonyl (C=O) groups is 1. The fourth-order valence-corrected chi connectivity index (χ4v) is 2.50. The summed E-state index contributed by atoms with van der Waals surface area (Å²) in [7, 11) is 4.58. The molecule has 138 valence electrons. The predicted octanol–water partition coefficient (Wildman–Crippen LogP) is 3.19. The average Bonchev–Trinajstić information content (AvgIpc) is 2.65. The molecule has 0 fully saturated rings. The number of aryl methyl sites for hydroxylation is 1. The Kier molecular flexibility index (Phi) is 6.37. The molecule has 8 heteroatoms. The van der Waals surface area contributed by atoms with E-state index in [1.807, 2.05) is 6.07 Å². The van der Waals surface area contributed by atoms with Crippen molar-refractivity contribution in [1.82, 2.24) is 0 Å². The van der Waals surface area contributed by atoms with Crippen molar-refractivity contribution in [3.05, 3.63) is 52.1 Å². The average molecular weight is 360 g/mol. The molecule has 2 aromatic carbocycles. The highest BCUT2D eigenvalue weighted by atomic mass is 16.6. The number of benzene rings is 2. The molecule has 0 bridgehead atoms. The molecular formula is C18H20N2O6. The van der Waals surface area contributed by atoms with Gasteiger partial charge >= 0.3 is 0 Å². The van der Waals surface area contributed by atoms with Crippen LogP contribution in [0.3, 0.4) is 0 Å². The van der Waals surface area contributed by atoms with Gasteiger partial charge in [-0.2, -0.15) is 0 Å². The molecule has 2 aromatic rings. The van der Waals surface area contributed by atoms with Crippen LogP contribution in [0.25, 0.3) is 0 Å². The van der Waals surface area contributed by atoms with Gasteiger partial charge in [0, 0.05) is 24.2 Å². The number of nitro groups is 1. The Hall–Kier alpha value is -3.29. The van der Waals surface area contributed by atoms with E-state index >= 15 is 0 Å². The van der Waals surface area contributed by atoms with Crippen molar-refractivity contribution in [2.45, 2.75) is 12.8 Å². The Labute approximate surface area is 150 Å². The van der Waals surface area contributed by atoms with Gasteiger partial charge in [0.25, 0.3) is 5.69 Å². The fourth-order valence-electron chi connectivity index (χ4n) is 2.50. The quantitative estimate of drug-likeness (QED) is 0.573. The molecule has 2 rings (SSSR count). The summed E-state index contributed by atoms with van der Waals surface area (Å²) in [5.41, 5.74) is 1.28. The van der Waals surface area contributed by atoms with Gasteiger partial charge in [0.2, 0.25) is 11.7 Å². The molecule has 1 amide bonds. The number of hydrogen-bond acceptors (Lipinski definition) is 6. The number of anilines is 1. The van der Waals surface area contributed by atoms with Crippen molar-refractivity contribution in [3.63, 3.8) is 0 Å². The van der Waals surface area contributed by atoms with Crippen LogP contribution in [0.1, 0.15) is 12.0 Å². The first kappa shape index (κ1) is 19.0. The molecule has 0 heterocycles. The number of nitro benzene ring substituents is 1. The van der Waals surface area contributed by atoms with E-state index in [1.165, 1.54) is 45.6 Å². The zero-order chi connectivity index (χ0) is 19.1. The van der Waals surface area contributed by atoms with Crippen LogP contribution >= 0.6 is 0 Å². The van der Waals surface area contributed by atoms with Crippen molar-refractivity contribution >= 4 is 17.3 Å². The maximum absolute atomic E-state index is 12.1. The molecule has 26 heavy (non-hydrogen) atoms. The van der Waals surface area contributed by atoms with Gasteiger partial charge in [-0.25, -0.2) is 0 Å². The second kappa shape index (κ2) is 8.70. The standard InChI is InChI=1S/C18H20N2O6/c1-24-15-10-4-12(17(25-2)18(15)26-3)5-11-16(21)19-13-6-8-14(9-7-13)20(22)23/h4,6-10H,5,11H2,1-3H3,(H,19,21). The molecule has 0 saturated carbocycles. The van der Waals surface area contributed by atoms with Crippen LogP contribution in [-0.4, -0.2) is 32.2 Å². The summed E-state index contributed by atoms with van der Waals surface area (Å²) in [4.78, 5) is 22.3. The molecule has 0 aliphatic heterocycles. The monoisotopic (exact) mass is 360 g/mol. The molecule has 1 N–H and O–H groups in total. The van der Waals surface area contributed by atoms with Crippen LogP contribution in [0.2, 0.25) is 0 Å². The van der Waals surface area contributed by atoms with Crippen LogP contribution in [0.4, 0.5) is 11.4 Å². The van der Waals surface area contributed by atoms with Crippen molar-refractivity contribution in [1.29, 1.82) is 0 Å². The summed E-state index contributed by atoms with van der Waals surface area (Å²) in [5, 5.41) is 13.3. The van der Waals surface area contributed by atoms with Crippen molar-refractivity contribution in [2.75, 3.05) is 26.6 Å². The first-order chi connectivity index (χ1) is 12.5. The van der Waals surface area contributed by atoms with E-state index in [0.717, 1.165) is 5.56 Å². The number of ether oxygens (including phenoxy) is 3. The van der Waals surface area contributed by atoms with E-state index in [4.69, 9.17) is 14.2 Å². The minimum Gasteiger partial charge on any atom is -0.493 e. The van der Waals surface area contributed by atoms with Crippen LogP contribution in [0.5, 0.6) is 17.2 Å². The molecule has 0 aliphatic rings. The third kappa shape index (κ3) is 4.41. The molecule has 0 spiro atoms. The third-order valence-corrected chi connectivity index (χ3v) is 3.77. The van der Waals surface area contributed by atoms with Gasteiger partial charge in [-0.05, 0) is 30.2 Å². The maximum atomic E-state index is 12.1. The van der Waals surface area contributed by atoms with Gasteiger partial charge in [-0.1, -0.05) is 6.07 Å². The van der Waals surface area contributed by atoms with Crippen molar-refractivity contribution in [2.24, 2.45) is 0 Å². The maximum Gasteiger partial charge on any atom is 0.269 e. The largest absolute Gasteiger partial charge is 0.493 e. The second-order valence-corrected chi connectivity index (χ2v) is 5.35. The van der Waals surface area contributed by atoms with Crippen molar-refractivity contribution in [3.8, 4) is 17.2 Å². The summed E-state index contributed by atoms with van der Waals surface area (Å²) < 4.78 is 16.0. The number of non-ortho nitro benzene ring substituents is 1. The van der Waals surface area contributed by atoms with Crippen LogP contribution in [-0.2, 0) is 11.2 Å². The molecule has 0 radical (unpaired) electrons. The highest BCUT2D eigenvalue weighted by molar-refractivity contribution is 5.91. The molecule has 0 saturated heterocycles. The molecule has 0 unspecified atom stereocenters. The van der Waals surface area contributed by atoms with Crippen molar-refractivity contribution < 1.29 is 23.9 Å².